The molecule has 0 heterocycles. The maximum atomic E-state index is 12.5. The number of nitrogens with zero attached hydrogens (tertiary/aromatic N) is 2. The van der Waals surface area contributed by atoms with Crippen LogP contribution >= 0.6 is 0 Å². The lowest BCUT2D eigenvalue weighted by Gasteiger charge is -2.14. The molecule has 0 saturated carbocycles. The summed E-state index contributed by atoms with van der Waals surface area (Å²) in [4.78, 5) is 18.9. The van der Waals surface area contributed by atoms with Gasteiger partial charge in [0.2, 0.25) is 0 Å². The van der Waals surface area contributed by atoms with E-state index in [4.69, 9.17) is 9.47 Å². The Morgan fingerprint density at radius 1 is 1.15 bits per heavy atom. The first-order chi connectivity index (χ1) is 12.5. The van der Waals surface area contributed by atoms with Crippen LogP contribution in [-0.4, -0.2) is 37.9 Å². The average molecular weight is 354 g/mol. The van der Waals surface area contributed by atoms with E-state index in [1.807, 2.05) is 57.0 Å². The molecule has 0 atom stereocenters. The second-order valence-corrected chi connectivity index (χ2v) is 6.17. The van der Waals surface area contributed by atoms with Crippen LogP contribution in [0.4, 0.5) is 5.69 Å². The third kappa shape index (κ3) is 4.85. The topological polar surface area (TPSA) is 51.1 Å². The van der Waals surface area contributed by atoms with Gasteiger partial charge < -0.3 is 14.4 Å². The molecular formula is C21H26N2O3. The van der Waals surface area contributed by atoms with Gasteiger partial charge in [0.05, 0.1) is 19.1 Å². The lowest BCUT2D eigenvalue weighted by molar-refractivity contribution is 0.0469. The van der Waals surface area contributed by atoms with Gasteiger partial charge in [0.25, 0.3) is 0 Å². The van der Waals surface area contributed by atoms with Crippen LogP contribution in [0.25, 0.3) is 0 Å². The van der Waals surface area contributed by atoms with E-state index >= 15 is 0 Å². The Bertz CT molecular complexity index is 783. The van der Waals surface area contributed by atoms with E-state index in [1.54, 1.807) is 25.6 Å². The summed E-state index contributed by atoms with van der Waals surface area (Å²) >= 11 is 0. The molecular weight excluding hydrogens is 328 g/mol. The van der Waals surface area contributed by atoms with Gasteiger partial charge in [-0.25, -0.2) is 9.79 Å². The van der Waals surface area contributed by atoms with Crippen LogP contribution in [0.1, 0.15) is 34.0 Å². The molecule has 0 aromatic heterocycles. The van der Waals surface area contributed by atoms with Gasteiger partial charge in [-0.1, -0.05) is 29.8 Å². The molecule has 138 valence electrons. The van der Waals surface area contributed by atoms with Crippen molar-refractivity contribution in [2.24, 2.45) is 4.99 Å². The molecule has 0 spiro atoms. The molecule has 0 unspecified atom stereocenters. The van der Waals surface area contributed by atoms with Crippen molar-refractivity contribution in [1.29, 1.82) is 0 Å². The normalized spacial score (nSPS) is 10.8. The van der Waals surface area contributed by atoms with Gasteiger partial charge in [-0.05, 0) is 38.5 Å². The molecule has 2 aromatic carbocycles. The predicted molar refractivity (Wildman–Crippen MR) is 104 cm³/mol. The minimum Gasteiger partial charge on any atom is -0.495 e. The van der Waals surface area contributed by atoms with Crippen molar-refractivity contribution in [2.75, 3.05) is 20.7 Å². The first kappa shape index (κ1) is 19.5. The lowest BCUT2D eigenvalue weighted by Crippen LogP contribution is -2.14. The number of hydrogen-bond acceptors (Lipinski definition) is 4. The summed E-state index contributed by atoms with van der Waals surface area (Å²) in [5.74, 6) is 0.0828. The highest BCUT2D eigenvalue weighted by molar-refractivity contribution is 5.94. The van der Waals surface area contributed by atoms with E-state index in [2.05, 4.69) is 4.99 Å². The molecule has 0 N–H and O–H groups in total. The monoisotopic (exact) mass is 354 g/mol. The highest BCUT2D eigenvalue weighted by atomic mass is 16.5. The number of carbonyl (C=O) groups is 1. The fourth-order valence-corrected chi connectivity index (χ4v) is 2.40. The van der Waals surface area contributed by atoms with E-state index in [-0.39, 0.29) is 6.61 Å². The van der Waals surface area contributed by atoms with Gasteiger partial charge in [-0.15, -0.1) is 0 Å². The van der Waals surface area contributed by atoms with Crippen LogP contribution in [-0.2, 0) is 11.3 Å². The average Bonchev–Trinajstić information content (AvgIpc) is 2.65. The van der Waals surface area contributed by atoms with Crippen molar-refractivity contribution in [2.45, 2.75) is 27.4 Å². The van der Waals surface area contributed by atoms with E-state index in [0.717, 1.165) is 23.4 Å². The standard InChI is InChI=1S/C21H26N2O3/c1-6-23(4)14-22-19-12-11-18(20(25-5)16(19)3)21(24)26-13-17-9-7-15(2)8-10-17/h7-12,14H,6,13H2,1-5H3. The van der Waals surface area contributed by atoms with Crippen molar-refractivity contribution in [3.8, 4) is 5.75 Å². The molecule has 0 aliphatic rings. The van der Waals surface area contributed by atoms with Crippen LogP contribution in [0.15, 0.2) is 41.4 Å². The molecule has 0 aliphatic heterocycles. The Labute approximate surface area is 155 Å². The van der Waals surface area contributed by atoms with Crippen LogP contribution < -0.4 is 4.74 Å². The second-order valence-electron chi connectivity index (χ2n) is 6.17. The van der Waals surface area contributed by atoms with Gasteiger partial charge in [-0.3, -0.25) is 0 Å². The number of rotatable bonds is 7. The Hall–Kier alpha value is -2.82. The van der Waals surface area contributed by atoms with Gasteiger partial charge in [0, 0.05) is 19.2 Å². The fraction of sp³-hybridized carbons (Fsp3) is 0.333. The first-order valence-electron chi connectivity index (χ1n) is 8.61. The zero-order valence-corrected chi connectivity index (χ0v) is 16.1. The maximum Gasteiger partial charge on any atom is 0.342 e. The van der Waals surface area contributed by atoms with Gasteiger partial charge >= 0.3 is 5.97 Å². The number of hydrogen-bond donors (Lipinski definition) is 0. The van der Waals surface area contributed by atoms with Crippen LogP contribution in [0.3, 0.4) is 0 Å². The number of carbonyl (C=O) groups excluding carboxylic acids is 1. The molecule has 5 heteroatoms. The second kappa shape index (κ2) is 9.04. The van der Waals surface area contributed by atoms with Gasteiger partial charge in [0.1, 0.15) is 17.9 Å². The summed E-state index contributed by atoms with van der Waals surface area (Å²) in [6, 6.07) is 11.4. The minimum absolute atomic E-state index is 0.225. The molecule has 0 amide bonds. The predicted octanol–water partition coefficient (Wildman–Crippen LogP) is 4.28. The Morgan fingerprint density at radius 2 is 1.85 bits per heavy atom. The molecule has 2 rings (SSSR count). The van der Waals surface area contributed by atoms with Crippen molar-refractivity contribution in [3.05, 3.63) is 58.7 Å². The van der Waals surface area contributed by atoms with E-state index in [9.17, 15) is 4.79 Å². The Morgan fingerprint density at radius 3 is 2.46 bits per heavy atom. The van der Waals surface area contributed by atoms with E-state index in [1.165, 1.54) is 5.56 Å². The lowest BCUT2D eigenvalue weighted by atomic mass is 10.1. The number of methoxy groups -OCH3 is 1. The summed E-state index contributed by atoms with van der Waals surface area (Å²) in [5, 5.41) is 0. The first-order valence-corrected chi connectivity index (χ1v) is 8.61. The summed E-state index contributed by atoms with van der Waals surface area (Å²) in [5.41, 5.74) is 4.08. The third-order valence-electron chi connectivity index (χ3n) is 4.18. The Kier molecular flexibility index (Phi) is 6.78. The molecule has 2 aromatic rings. The number of esters is 1. The molecule has 0 radical (unpaired) electrons. The van der Waals surface area contributed by atoms with Crippen molar-refractivity contribution < 1.29 is 14.3 Å². The molecule has 0 fully saturated rings. The summed E-state index contributed by atoms with van der Waals surface area (Å²) in [7, 11) is 3.50. The SMILES string of the molecule is CCN(C)C=Nc1ccc(C(=O)OCc2ccc(C)cc2)c(OC)c1C. The zero-order chi connectivity index (χ0) is 19.1. The number of benzene rings is 2. The van der Waals surface area contributed by atoms with E-state index < -0.39 is 5.97 Å². The third-order valence-corrected chi connectivity index (χ3v) is 4.18. The minimum atomic E-state index is -0.410. The highest BCUT2D eigenvalue weighted by Crippen LogP contribution is 2.32. The number of ether oxygens (including phenoxy) is 2. The molecule has 26 heavy (non-hydrogen) atoms. The van der Waals surface area contributed by atoms with Crippen LogP contribution in [0, 0.1) is 13.8 Å². The molecule has 0 saturated heterocycles. The van der Waals surface area contributed by atoms with Gasteiger partial charge in [-0.2, -0.15) is 0 Å². The van der Waals surface area contributed by atoms with E-state index in [0.29, 0.717) is 11.3 Å². The Balaban J connectivity index is 2.17. The summed E-state index contributed by atoms with van der Waals surface area (Å²) < 4.78 is 10.9. The summed E-state index contributed by atoms with van der Waals surface area (Å²) in [6.07, 6.45) is 1.76. The molecule has 0 aliphatic carbocycles. The number of aliphatic imine (C=N–C) groups is 1. The van der Waals surface area contributed by atoms with Crippen LogP contribution in [0.5, 0.6) is 5.75 Å². The molecule has 0 bridgehead atoms. The van der Waals surface area contributed by atoms with Crippen molar-refractivity contribution in [1.82, 2.24) is 4.90 Å². The van der Waals surface area contributed by atoms with Crippen molar-refractivity contribution in [3.63, 3.8) is 0 Å². The zero-order valence-electron chi connectivity index (χ0n) is 16.1. The summed E-state index contributed by atoms with van der Waals surface area (Å²) in [6.45, 7) is 7.04. The number of aryl methyl sites for hydroxylation is 1. The van der Waals surface area contributed by atoms with Crippen molar-refractivity contribution >= 4 is 18.0 Å². The maximum absolute atomic E-state index is 12.5. The fourth-order valence-electron chi connectivity index (χ4n) is 2.40. The van der Waals surface area contributed by atoms with Crippen LogP contribution in [0.2, 0.25) is 0 Å². The highest BCUT2D eigenvalue weighted by Gasteiger charge is 2.18. The quantitative estimate of drug-likeness (QED) is 0.423. The largest absolute Gasteiger partial charge is 0.495 e. The smallest absolute Gasteiger partial charge is 0.342 e. The van der Waals surface area contributed by atoms with Gasteiger partial charge in [0.15, 0.2) is 0 Å². The molecule has 5 nitrogen and oxygen atoms in total.